The van der Waals surface area contributed by atoms with Crippen LogP contribution in [0.3, 0.4) is 0 Å². The highest BCUT2D eigenvalue weighted by Gasteiger charge is 2.23. The number of nitrogens with one attached hydrogen (secondary N) is 1. The van der Waals surface area contributed by atoms with Crippen molar-refractivity contribution in [3.05, 3.63) is 27.3 Å². The second-order valence-corrected chi connectivity index (χ2v) is 7.26. The van der Waals surface area contributed by atoms with E-state index >= 15 is 0 Å². The van der Waals surface area contributed by atoms with Crippen molar-refractivity contribution < 1.29 is 14.7 Å². The molecule has 0 aliphatic carbocycles. The van der Waals surface area contributed by atoms with E-state index in [4.69, 9.17) is 5.11 Å². The van der Waals surface area contributed by atoms with Gasteiger partial charge in [0.1, 0.15) is 0 Å². The molecule has 0 heterocycles. The lowest BCUT2D eigenvalue weighted by Gasteiger charge is -2.26. The Morgan fingerprint density at radius 2 is 1.95 bits per heavy atom. The molecule has 5 heteroatoms. The van der Waals surface area contributed by atoms with Crippen LogP contribution in [-0.4, -0.2) is 17.0 Å². The molecule has 0 radical (unpaired) electrons. The van der Waals surface area contributed by atoms with E-state index in [1.54, 1.807) is 18.2 Å². The van der Waals surface area contributed by atoms with Gasteiger partial charge in [-0.05, 0) is 52.1 Å². The van der Waals surface area contributed by atoms with E-state index in [1.165, 1.54) is 0 Å². The first-order valence-corrected chi connectivity index (χ1v) is 7.52. The van der Waals surface area contributed by atoms with E-state index in [0.717, 1.165) is 3.57 Å². The van der Waals surface area contributed by atoms with Crippen molar-refractivity contribution in [3.8, 4) is 0 Å². The van der Waals surface area contributed by atoms with Crippen molar-refractivity contribution in [1.29, 1.82) is 0 Å². The van der Waals surface area contributed by atoms with Crippen LogP contribution in [-0.2, 0) is 4.79 Å². The number of aromatic carboxylic acids is 1. The van der Waals surface area contributed by atoms with Gasteiger partial charge in [-0.1, -0.05) is 27.7 Å². The fourth-order valence-electron chi connectivity index (χ4n) is 1.59. The summed E-state index contributed by atoms with van der Waals surface area (Å²) in [5.41, 5.74) is 0.511. The van der Waals surface area contributed by atoms with Crippen LogP contribution >= 0.6 is 22.6 Å². The Hall–Kier alpha value is -1.11. The predicted octanol–water partition coefficient (Wildman–Crippen LogP) is 4.00. The fourth-order valence-corrected chi connectivity index (χ4v) is 2.08. The van der Waals surface area contributed by atoms with Crippen LogP contribution < -0.4 is 5.32 Å². The summed E-state index contributed by atoms with van der Waals surface area (Å²) in [6.45, 7) is 8.27. The summed E-state index contributed by atoms with van der Waals surface area (Å²) in [5, 5.41) is 11.9. The Bertz CT molecular complexity index is 520. The van der Waals surface area contributed by atoms with Gasteiger partial charge in [-0.3, -0.25) is 4.79 Å². The van der Waals surface area contributed by atoms with E-state index in [-0.39, 0.29) is 22.8 Å². The zero-order valence-corrected chi connectivity index (χ0v) is 14.3. The molecule has 1 atom stereocenters. The molecule has 1 aromatic carbocycles. The molecular formula is C15H20INO3. The summed E-state index contributed by atoms with van der Waals surface area (Å²) >= 11 is 2.04. The molecule has 1 rings (SSSR count). The number of carbonyl (C=O) groups excluding carboxylic acids is 1. The maximum atomic E-state index is 12.0. The SMILES string of the molecule is CC(CC(=O)Nc1ccc(I)cc1C(=O)O)C(C)(C)C. The molecule has 20 heavy (non-hydrogen) atoms. The number of rotatable bonds is 4. The van der Waals surface area contributed by atoms with Gasteiger partial charge < -0.3 is 10.4 Å². The molecule has 0 aliphatic rings. The Morgan fingerprint density at radius 1 is 1.35 bits per heavy atom. The van der Waals surface area contributed by atoms with Crippen LogP contribution in [0, 0.1) is 14.9 Å². The molecule has 110 valence electrons. The quantitative estimate of drug-likeness (QED) is 0.765. The summed E-state index contributed by atoms with van der Waals surface area (Å²) in [4.78, 5) is 23.2. The van der Waals surface area contributed by atoms with Crippen LogP contribution in [0.25, 0.3) is 0 Å². The van der Waals surface area contributed by atoms with Crippen LogP contribution in [0.5, 0.6) is 0 Å². The van der Waals surface area contributed by atoms with E-state index in [0.29, 0.717) is 12.1 Å². The third-order valence-electron chi connectivity index (χ3n) is 3.46. The molecule has 2 N–H and O–H groups in total. The highest BCUT2D eigenvalue weighted by Crippen LogP contribution is 2.28. The molecule has 0 spiro atoms. The average Bonchev–Trinajstić information content (AvgIpc) is 2.29. The van der Waals surface area contributed by atoms with Gasteiger partial charge in [-0.15, -0.1) is 0 Å². The first-order chi connectivity index (χ1) is 9.11. The maximum Gasteiger partial charge on any atom is 0.337 e. The first-order valence-electron chi connectivity index (χ1n) is 6.44. The lowest BCUT2D eigenvalue weighted by atomic mass is 9.80. The van der Waals surface area contributed by atoms with Crippen LogP contribution in [0.2, 0.25) is 0 Å². The van der Waals surface area contributed by atoms with Crippen molar-refractivity contribution >= 4 is 40.2 Å². The Labute approximate surface area is 133 Å². The van der Waals surface area contributed by atoms with Gasteiger partial charge in [0.25, 0.3) is 0 Å². The molecule has 0 saturated carbocycles. The molecule has 0 aliphatic heterocycles. The van der Waals surface area contributed by atoms with Gasteiger partial charge in [0.05, 0.1) is 11.3 Å². The topological polar surface area (TPSA) is 66.4 Å². The third kappa shape index (κ3) is 4.77. The van der Waals surface area contributed by atoms with Gasteiger partial charge in [-0.25, -0.2) is 4.79 Å². The molecule has 4 nitrogen and oxygen atoms in total. The number of carbonyl (C=O) groups is 2. The van der Waals surface area contributed by atoms with Crippen molar-refractivity contribution in [2.45, 2.75) is 34.1 Å². The average molecular weight is 389 g/mol. The van der Waals surface area contributed by atoms with Crippen LogP contribution in [0.15, 0.2) is 18.2 Å². The predicted molar refractivity (Wildman–Crippen MR) is 88.0 cm³/mol. The van der Waals surface area contributed by atoms with Crippen LogP contribution in [0.4, 0.5) is 5.69 Å². The minimum absolute atomic E-state index is 0.0407. The highest BCUT2D eigenvalue weighted by molar-refractivity contribution is 14.1. The Kier molecular flexibility index (Phi) is 5.56. The monoisotopic (exact) mass is 389 g/mol. The van der Waals surface area contributed by atoms with Crippen molar-refractivity contribution in [1.82, 2.24) is 0 Å². The zero-order chi connectivity index (χ0) is 15.5. The second-order valence-electron chi connectivity index (χ2n) is 6.01. The molecular weight excluding hydrogens is 369 g/mol. The molecule has 0 aromatic heterocycles. The summed E-state index contributed by atoms with van der Waals surface area (Å²) < 4.78 is 0.820. The van der Waals surface area contributed by atoms with Crippen LogP contribution in [0.1, 0.15) is 44.5 Å². The lowest BCUT2D eigenvalue weighted by Crippen LogP contribution is -2.24. The summed E-state index contributed by atoms with van der Waals surface area (Å²) in [6.07, 6.45) is 0.370. The van der Waals surface area contributed by atoms with Gasteiger partial charge in [0.2, 0.25) is 5.91 Å². The van der Waals surface area contributed by atoms with E-state index in [2.05, 4.69) is 26.1 Å². The summed E-state index contributed by atoms with van der Waals surface area (Å²) in [5.74, 6) is -0.988. The summed E-state index contributed by atoms with van der Waals surface area (Å²) in [6, 6.07) is 4.95. The van der Waals surface area contributed by atoms with Gasteiger partial charge >= 0.3 is 5.97 Å². The number of anilines is 1. The largest absolute Gasteiger partial charge is 0.478 e. The number of hydrogen-bond acceptors (Lipinski definition) is 2. The van der Waals surface area contributed by atoms with E-state index in [1.807, 2.05) is 29.5 Å². The van der Waals surface area contributed by atoms with Crippen molar-refractivity contribution in [2.24, 2.45) is 11.3 Å². The minimum Gasteiger partial charge on any atom is -0.478 e. The Balaban J connectivity index is 2.84. The molecule has 0 bridgehead atoms. The number of hydrogen-bond donors (Lipinski definition) is 2. The fraction of sp³-hybridized carbons (Fsp3) is 0.467. The molecule has 1 aromatic rings. The number of benzene rings is 1. The molecule has 0 saturated heterocycles. The lowest BCUT2D eigenvalue weighted by molar-refractivity contribution is -0.117. The van der Waals surface area contributed by atoms with Gasteiger partial charge in [-0.2, -0.15) is 0 Å². The minimum atomic E-state index is -1.04. The number of halogens is 1. The highest BCUT2D eigenvalue weighted by atomic mass is 127. The molecule has 0 fully saturated rings. The third-order valence-corrected chi connectivity index (χ3v) is 4.13. The number of amides is 1. The molecule has 1 amide bonds. The Morgan fingerprint density at radius 3 is 2.45 bits per heavy atom. The maximum absolute atomic E-state index is 12.0. The first kappa shape index (κ1) is 16.9. The van der Waals surface area contributed by atoms with Gasteiger partial charge in [0.15, 0.2) is 0 Å². The van der Waals surface area contributed by atoms with Crippen molar-refractivity contribution in [3.63, 3.8) is 0 Å². The zero-order valence-electron chi connectivity index (χ0n) is 12.2. The van der Waals surface area contributed by atoms with E-state index < -0.39 is 5.97 Å². The number of carboxylic acids is 1. The smallest absolute Gasteiger partial charge is 0.337 e. The normalized spacial score (nSPS) is 12.8. The van der Waals surface area contributed by atoms with Crippen molar-refractivity contribution in [2.75, 3.05) is 5.32 Å². The van der Waals surface area contributed by atoms with Gasteiger partial charge in [0, 0.05) is 9.99 Å². The van der Waals surface area contributed by atoms with E-state index in [9.17, 15) is 9.59 Å². The standard InChI is InChI=1S/C15H20INO3/c1-9(15(2,3)4)7-13(18)17-12-6-5-10(16)8-11(12)14(19)20/h5-6,8-9H,7H2,1-4H3,(H,17,18)(H,19,20). The summed E-state index contributed by atoms with van der Waals surface area (Å²) in [7, 11) is 0. The number of carboxylic acid groups (broad SMARTS) is 1. The molecule has 1 unspecified atom stereocenters. The second kappa shape index (κ2) is 6.56.